The van der Waals surface area contributed by atoms with Crippen molar-refractivity contribution in [2.24, 2.45) is 12.5 Å². The molecular formula is C16H16N4O4S. The number of fused-ring (bicyclic) bond motifs is 1. The molecule has 1 unspecified atom stereocenters. The van der Waals surface area contributed by atoms with Crippen molar-refractivity contribution in [1.29, 1.82) is 0 Å². The Labute approximate surface area is 146 Å². The number of nitrogens with one attached hydrogen (secondary N) is 2. The van der Waals surface area contributed by atoms with Crippen LogP contribution >= 0.6 is 11.3 Å². The van der Waals surface area contributed by atoms with Gasteiger partial charge in [-0.05, 0) is 5.56 Å². The molecule has 0 spiro atoms. The second-order valence-electron chi connectivity index (χ2n) is 7.08. The summed E-state index contributed by atoms with van der Waals surface area (Å²) in [6.07, 6.45) is 0.544. The van der Waals surface area contributed by atoms with Gasteiger partial charge in [0.05, 0.1) is 10.5 Å². The van der Waals surface area contributed by atoms with Crippen LogP contribution in [0.2, 0.25) is 0 Å². The first-order valence-corrected chi connectivity index (χ1v) is 8.65. The summed E-state index contributed by atoms with van der Waals surface area (Å²) in [5.41, 5.74) is 1.51. The van der Waals surface area contributed by atoms with Gasteiger partial charge < -0.3 is 5.32 Å². The van der Waals surface area contributed by atoms with E-state index in [9.17, 15) is 19.7 Å². The predicted octanol–water partition coefficient (Wildman–Crippen LogP) is 2.49. The minimum atomic E-state index is -0.588. The molecule has 8 nitrogen and oxygen atoms in total. The van der Waals surface area contributed by atoms with Gasteiger partial charge in [-0.25, -0.2) is 0 Å². The Hall–Kier alpha value is -2.68. The summed E-state index contributed by atoms with van der Waals surface area (Å²) in [7, 11) is 1.72. The smallest absolute Gasteiger partial charge is 0.324 e. The lowest BCUT2D eigenvalue weighted by Crippen LogP contribution is -2.25. The second-order valence-corrected chi connectivity index (χ2v) is 7.97. The molecule has 0 fully saturated rings. The van der Waals surface area contributed by atoms with E-state index in [1.807, 2.05) is 13.8 Å². The summed E-state index contributed by atoms with van der Waals surface area (Å²) in [4.78, 5) is 36.1. The van der Waals surface area contributed by atoms with Crippen molar-refractivity contribution in [2.45, 2.75) is 26.2 Å². The first-order chi connectivity index (χ1) is 11.7. The Balaban J connectivity index is 1.96. The van der Waals surface area contributed by atoms with Gasteiger partial charge in [-0.2, -0.15) is 0 Å². The summed E-state index contributed by atoms with van der Waals surface area (Å²) in [5.74, 6) is -0.00807. The van der Waals surface area contributed by atoms with Crippen molar-refractivity contribution in [1.82, 2.24) is 9.78 Å². The summed E-state index contributed by atoms with van der Waals surface area (Å²) in [6.45, 7) is 3.74. The average Bonchev–Trinajstić information content (AvgIpc) is 3.16. The van der Waals surface area contributed by atoms with Crippen LogP contribution in [0, 0.1) is 15.5 Å². The third-order valence-corrected chi connectivity index (χ3v) is 5.77. The SMILES string of the molecule is Cn1[nH]c(=O)c2c1NC1=C(C(=O)C(C)(C)C1)C2c1csc([N+](=O)[O-])c1. The predicted molar refractivity (Wildman–Crippen MR) is 92.9 cm³/mol. The topological polar surface area (TPSA) is 110 Å². The zero-order valence-electron chi connectivity index (χ0n) is 13.9. The Bertz CT molecular complexity index is 1020. The molecule has 0 amide bonds. The number of carbonyl (C=O) groups excluding carboxylic acids is 1. The van der Waals surface area contributed by atoms with Crippen LogP contribution in [0.4, 0.5) is 10.8 Å². The molecule has 25 heavy (non-hydrogen) atoms. The van der Waals surface area contributed by atoms with E-state index < -0.39 is 16.3 Å². The normalized spacial score (nSPS) is 21.1. The van der Waals surface area contributed by atoms with Crippen molar-refractivity contribution in [3.8, 4) is 0 Å². The lowest BCUT2D eigenvalue weighted by molar-refractivity contribution is -0.380. The number of hydrogen-bond acceptors (Lipinski definition) is 6. The molecule has 2 aromatic heterocycles. The fourth-order valence-corrected chi connectivity index (χ4v) is 4.47. The van der Waals surface area contributed by atoms with Crippen LogP contribution in [-0.4, -0.2) is 20.5 Å². The largest absolute Gasteiger partial charge is 0.343 e. The van der Waals surface area contributed by atoms with Crippen LogP contribution < -0.4 is 10.9 Å². The van der Waals surface area contributed by atoms with Gasteiger partial charge in [0.15, 0.2) is 5.78 Å². The van der Waals surface area contributed by atoms with Crippen LogP contribution in [0.3, 0.4) is 0 Å². The molecular weight excluding hydrogens is 344 g/mol. The van der Waals surface area contributed by atoms with E-state index in [0.29, 0.717) is 28.9 Å². The molecule has 2 N–H and O–H groups in total. The van der Waals surface area contributed by atoms with Crippen molar-refractivity contribution in [3.63, 3.8) is 0 Å². The number of nitrogens with zero attached hydrogens (tertiary/aromatic N) is 2. The summed E-state index contributed by atoms with van der Waals surface area (Å²) in [6, 6.07) is 1.46. The number of carbonyl (C=O) groups is 1. The fraction of sp³-hybridized carbons (Fsp3) is 0.375. The molecule has 1 aliphatic carbocycles. The van der Waals surface area contributed by atoms with Crippen molar-refractivity contribution in [2.75, 3.05) is 5.32 Å². The molecule has 0 bridgehead atoms. The number of Topliss-reactive ketones (excluding diaryl/α,β-unsaturated/α-hetero) is 1. The highest BCUT2D eigenvalue weighted by Gasteiger charge is 2.48. The third kappa shape index (κ3) is 2.12. The van der Waals surface area contributed by atoms with E-state index in [2.05, 4.69) is 10.4 Å². The van der Waals surface area contributed by atoms with E-state index in [4.69, 9.17) is 0 Å². The molecule has 130 valence electrons. The molecule has 0 saturated heterocycles. The molecule has 4 rings (SSSR count). The number of rotatable bonds is 2. The highest BCUT2D eigenvalue weighted by Crippen LogP contribution is 2.50. The minimum absolute atomic E-state index is 0.00528. The molecule has 3 heterocycles. The number of anilines is 1. The number of nitro groups is 1. The maximum Gasteiger partial charge on any atom is 0.324 e. The molecule has 2 aromatic rings. The minimum Gasteiger partial charge on any atom is -0.343 e. The van der Waals surface area contributed by atoms with Gasteiger partial charge in [0.2, 0.25) is 0 Å². The second kappa shape index (κ2) is 4.92. The average molecular weight is 360 g/mol. The quantitative estimate of drug-likeness (QED) is 0.631. The first-order valence-electron chi connectivity index (χ1n) is 7.77. The van der Waals surface area contributed by atoms with Crippen LogP contribution in [0.5, 0.6) is 0 Å². The Morgan fingerprint density at radius 1 is 1.40 bits per heavy atom. The van der Waals surface area contributed by atoms with Crippen LogP contribution in [0.15, 0.2) is 27.5 Å². The Morgan fingerprint density at radius 3 is 2.76 bits per heavy atom. The van der Waals surface area contributed by atoms with E-state index in [-0.39, 0.29) is 16.3 Å². The third-order valence-electron chi connectivity index (χ3n) is 4.87. The van der Waals surface area contributed by atoms with E-state index in [0.717, 1.165) is 17.0 Å². The lowest BCUT2D eigenvalue weighted by atomic mass is 9.80. The molecule has 0 saturated carbocycles. The van der Waals surface area contributed by atoms with Crippen LogP contribution in [0.25, 0.3) is 0 Å². The van der Waals surface area contributed by atoms with Gasteiger partial charge in [-0.15, -0.1) is 0 Å². The molecule has 9 heteroatoms. The number of ketones is 1. The number of aromatic amines is 1. The molecule has 2 aliphatic rings. The van der Waals surface area contributed by atoms with Gasteiger partial charge in [-0.1, -0.05) is 25.2 Å². The molecule has 0 aromatic carbocycles. The van der Waals surface area contributed by atoms with E-state index in [1.165, 1.54) is 6.07 Å². The first kappa shape index (κ1) is 15.8. The molecule has 0 radical (unpaired) electrons. The van der Waals surface area contributed by atoms with Gasteiger partial charge >= 0.3 is 5.00 Å². The van der Waals surface area contributed by atoms with Gasteiger partial charge in [-0.3, -0.25) is 29.5 Å². The number of H-pyrrole nitrogens is 1. The summed E-state index contributed by atoms with van der Waals surface area (Å²) in [5, 5.41) is 18.6. The number of allylic oxidation sites excluding steroid dienone is 2. The zero-order valence-corrected chi connectivity index (χ0v) is 14.7. The Kier molecular flexibility index (Phi) is 3.11. The monoisotopic (exact) mass is 360 g/mol. The number of aryl methyl sites for hydroxylation is 1. The Morgan fingerprint density at radius 2 is 2.12 bits per heavy atom. The molecule has 1 atom stereocenters. The highest BCUT2D eigenvalue weighted by molar-refractivity contribution is 7.13. The zero-order chi connectivity index (χ0) is 18.1. The van der Waals surface area contributed by atoms with Crippen molar-refractivity contribution >= 4 is 27.9 Å². The summed E-state index contributed by atoms with van der Waals surface area (Å²) >= 11 is 1.00. The van der Waals surface area contributed by atoms with E-state index >= 15 is 0 Å². The standard InChI is InChI=1S/C16H16N4O4S/c1-16(2)5-8-11(13(16)21)10(7-4-9(20(23)24)25-6-7)12-14(17-8)19(3)18-15(12)22/h4,6,10,17H,5H2,1-3H3,(H,18,22). The number of thiophene rings is 1. The number of hydrogen-bond donors (Lipinski definition) is 2. The van der Waals surface area contributed by atoms with Gasteiger partial charge in [0.1, 0.15) is 5.82 Å². The van der Waals surface area contributed by atoms with E-state index in [1.54, 1.807) is 17.1 Å². The molecule has 1 aliphatic heterocycles. The van der Waals surface area contributed by atoms with Crippen LogP contribution in [-0.2, 0) is 11.8 Å². The van der Waals surface area contributed by atoms with Gasteiger partial charge in [0.25, 0.3) is 5.56 Å². The number of aromatic nitrogens is 2. The maximum atomic E-state index is 13.0. The van der Waals surface area contributed by atoms with Crippen molar-refractivity contribution in [3.05, 3.63) is 54.3 Å². The van der Waals surface area contributed by atoms with Crippen LogP contribution in [0.1, 0.15) is 37.3 Å². The highest BCUT2D eigenvalue weighted by atomic mass is 32.1. The lowest BCUT2D eigenvalue weighted by Gasteiger charge is -2.24. The summed E-state index contributed by atoms with van der Waals surface area (Å²) < 4.78 is 1.59. The fourth-order valence-electron chi connectivity index (χ4n) is 3.72. The van der Waals surface area contributed by atoms with Gasteiger partial charge in [0, 0.05) is 47.5 Å². The van der Waals surface area contributed by atoms with Crippen molar-refractivity contribution < 1.29 is 9.72 Å². The maximum absolute atomic E-state index is 13.0.